The van der Waals surface area contributed by atoms with Gasteiger partial charge in [0.25, 0.3) is 0 Å². The fourth-order valence-electron chi connectivity index (χ4n) is 2.90. The third kappa shape index (κ3) is 1.81. The Morgan fingerprint density at radius 3 is 2.58 bits per heavy atom. The van der Waals surface area contributed by atoms with Gasteiger partial charge in [-0.1, -0.05) is 18.2 Å². The molecule has 19 heavy (non-hydrogen) atoms. The number of fused-ring (bicyclic) bond motifs is 1. The van der Waals surface area contributed by atoms with Gasteiger partial charge in [0.05, 0.1) is 13.5 Å². The molecule has 0 radical (unpaired) electrons. The Bertz CT molecular complexity index is 594. The van der Waals surface area contributed by atoms with Gasteiger partial charge in [0.15, 0.2) is 23.5 Å². The molecule has 3 rings (SSSR count). The van der Waals surface area contributed by atoms with Gasteiger partial charge in [-0.05, 0) is 17.7 Å². The van der Waals surface area contributed by atoms with Gasteiger partial charge in [0.1, 0.15) is 5.75 Å². The van der Waals surface area contributed by atoms with Crippen molar-refractivity contribution in [1.29, 1.82) is 0 Å². The molecule has 1 N–H and O–H groups in total. The number of aromatic nitrogens is 1. The fraction of sp³-hybridized carbons (Fsp3) is 0.312. The molecule has 2 heterocycles. The maximum Gasteiger partial charge on any atom is 0.188 e. The molecule has 1 aliphatic heterocycles. The average Bonchev–Trinajstić information content (AvgIpc) is 2.72. The molecular formula is C16H18NO2+. The average molecular weight is 256 g/mol. The first-order valence-electron chi connectivity index (χ1n) is 6.51. The predicted molar refractivity (Wildman–Crippen MR) is 71.9 cm³/mol. The lowest BCUT2D eigenvalue weighted by molar-refractivity contribution is -0.723. The van der Waals surface area contributed by atoms with Crippen LogP contribution in [0.1, 0.15) is 24.2 Å². The van der Waals surface area contributed by atoms with Crippen molar-refractivity contribution in [3.63, 3.8) is 0 Å². The van der Waals surface area contributed by atoms with Crippen LogP contribution in [0, 0.1) is 0 Å². The van der Waals surface area contributed by atoms with Crippen LogP contribution < -0.4 is 9.30 Å². The molecule has 2 aromatic rings. The molecule has 1 aromatic carbocycles. The molecule has 1 aliphatic rings. The minimum absolute atomic E-state index is 0.0251. The molecule has 0 amide bonds. The summed E-state index contributed by atoms with van der Waals surface area (Å²) in [6.45, 7) is 2.06. The maximum absolute atomic E-state index is 11.1. The van der Waals surface area contributed by atoms with E-state index < -0.39 is 5.60 Å². The Morgan fingerprint density at radius 2 is 1.95 bits per heavy atom. The molecular weight excluding hydrogens is 238 g/mol. The summed E-state index contributed by atoms with van der Waals surface area (Å²) in [5, 5.41) is 11.1. The molecule has 0 saturated heterocycles. The number of nitrogens with zero attached hydrogens (tertiary/aromatic N) is 1. The Kier molecular flexibility index (Phi) is 2.79. The standard InChI is InChI=1S/C16H18NO2/c1-12-16(18,11-14-5-3-4-10-17(12)14)13-6-8-15(19-2)9-7-13/h3-10,12,18H,11H2,1-2H3/q+1/t12-,16-/m0/s1. The van der Waals surface area contributed by atoms with E-state index in [2.05, 4.69) is 17.6 Å². The van der Waals surface area contributed by atoms with Crippen molar-refractivity contribution < 1.29 is 14.4 Å². The van der Waals surface area contributed by atoms with Gasteiger partial charge in [-0.15, -0.1) is 0 Å². The van der Waals surface area contributed by atoms with Crippen molar-refractivity contribution in [2.24, 2.45) is 0 Å². The largest absolute Gasteiger partial charge is 0.497 e. The lowest BCUT2D eigenvalue weighted by Gasteiger charge is -2.23. The third-order valence-corrected chi connectivity index (χ3v) is 4.13. The van der Waals surface area contributed by atoms with Crippen LogP contribution in [0.15, 0.2) is 48.7 Å². The van der Waals surface area contributed by atoms with E-state index in [-0.39, 0.29) is 6.04 Å². The molecule has 98 valence electrons. The molecule has 0 unspecified atom stereocenters. The maximum atomic E-state index is 11.1. The lowest BCUT2D eigenvalue weighted by atomic mass is 9.86. The van der Waals surface area contributed by atoms with Crippen LogP contribution in [0.5, 0.6) is 5.75 Å². The summed E-state index contributed by atoms with van der Waals surface area (Å²) in [5.41, 5.74) is 1.25. The third-order valence-electron chi connectivity index (χ3n) is 4.13. The van der Waals surface area contributed by atoms with E-state index in [1.807, 2.05) is 42.6 Å². The SMILES string of the molecule is COc1ccc([C@]2(O)Cc3cccc[n+]3[C@H]2C)cc1. The topological polar surface area (TPSA) is 33.3 Å². The van der Waals surface area contributed by atoms with Crippen molar-refractivity contribution in [2.45, 2.75) is 25.0 Å². The summed E-state index contributed by atoms with van der Waals surface area (Å²) in [6.07, 6.45) is 2.67. The molecule has 0 fully saturated rings. The Labute approximate surface area is 113 Å². The molecule has 0 aliphatic carbocycles. The van der Waals surface area contributed by atoms with E-state index in [0.29, 0.717) is 6.42 Å². The predicted octanol–water partition coefficient (Wildman–Crippen LogP) is 1.99. The highest BCUT2D eigenvalue weighted by Crippen LogP contribution is 2.38. The second-order valence-corrected chi connectivity index (χ2v) is 5.10. The van der Waals surface area contributed by atoms with Crippen LogP contribution >= 0.6 is 0 Å². The monoisotopic (exact) mass is 256 g/mol. The normalized spacial score (nSPS) is 25.1. The van der Waals surface area contributed by atoms with E-state index in [4.69, 9.17) is 4.74 Å². The zero-order valence-corrected chi connectivity index (χ0v) is 11.2. The summed E-state index contributed by atoms with van der Waals surface area (Å²) in [6, 6.07) is 13.8. The number of hydrogen-bond acceptors (Lipinski definition) is 2. The van der Waals surface area contributed by atoms with Crippen LogP contribution in [0.25, 0.3) is 0 Å². The lowest BCUT2D eigenvalue weighted by Crippen LogP contribution is -2.43. The number of benzene rings is 1. The van der Waals surface area contributed by atoms with E-state index in [1.165, 1.54) is 0 Å². The number of aliphatic hydroxyl groups is 1. The number of hydrogen-bond donors (Lipinski definition) is 1. The minimum Gasteiger partial charge on any atom is -0.497 e. The molecule has 3 nitrogen and oxygen atoms in total. The van der Waals surface area contributed by atoms with Crippen molar-refractivity contribution >= 4 is 0 Å². The van der Waals surface area contributed by atoms with Gasteiger partial charge in [0, 0.05) is 19.1 Å². The quantitative estimate of drug-likeness (QED) is 0.834. The highest BCUT2D eigenvalue weighted by atomic mass is 16.5. The number of ether oxygens (including phenoxy) is 1. The highest BCUT2D eigenvalue weighted by Gasteiger charge is 2.50. The minimum atomic E-state index is -0.847. The van der Waals surface area contributed by atoms with Gasteiger partial charge in [-0.25, -0.2) is 0 Å². The van der Waals surface area contributed by atoms with E-state index in [9.17, 15) is 5.11 Å². The van der Waals surface area contributed by atoms with Gasteiger partial charge in [-0.2, -0.15) is 4.57 Å². The number of pyridine rings is 1. The first kappa shape index (κ1) is 12.2. The van der Waals surface area contributed by atoms with Crippen LogP contribution in [-0.2, 0) is 12.0 Å². The van der Waals surface area contributed by atoms with Crippen molar-refractivity contribution in [2.75, 3.05) is 7.11 Å². The zero-order valence-electron chi connectivity index (χ0n) is 11.2. The Morgan fingerprint density at radius 1 is 1.21 bits per heavy atom. The summed E-state index contributed by atoms with van der Waals surface area (Å²) >= 11 is 0. The van der Waals surface area contributed by atoms with E-state index in [1.54, 1.807) is 7.11 Å². The van der Waals surface area contributed by atoms with Gasteiger partial charge >= 0.3 is 0 Å². The van der Waals surface area contributed by atoms with Gasteiger partial charge in [0.2, 0.25) is 0 Å². The van der Waals surface area contributed by atoms with Crippen LogP contribution in [0.3, 0.4) is 0 Å². The first-order chi connectivity index (χ1) is 9.15. The zero-order chi connectivity index (χ0) is 13.5. The van der Waals surface area contributed by atoms with Crippen LogP contribution in [0.2, 0.25) is 0 Å². The summed E-state index contributed by atoms with van der Waals surface area (Å²) in [5.74, 6) is 0.808. The summed E-state index contributed by atoms with van der Waals surface area (Å²) in [7, 11) is 1.65. The van der Waals surface area contributed by atoms with E-state index >= 15 is 0 Å². The van der Waals surface area contributed by atoms with Crippen LogP contribution in [-0.4, -0.2) is 12.2 Å². The number of methoxy groups -OCH3 is 1. The smallest absolute Gasteiger partial charge is 0.188 e. The van der Waals surface area contributed by atoms with Crippen molar-refractivity contribution in [1.82, 2.24) is 0 Å². The molecule has 2 atom stereocenters. The molecule has 0 saturated carbocycles. The van der Waals surface area contributed by atoms with Crippen molar-refractivity contribution in [3.05, 3.63) is 59.9 Å². The first-order valence-corrected chi connectivity index (χ1v) is 6.51. The summed E-state index contributed by atoms with van der Waals surface area (Å²) in [4.78, 5) is 0. The number of rotatable bonds is 2. The fourth-order valence-corrected chi connectivity index (χ4v) is 2.90. The molecule has 0 bridgehead atoms. The van der Waals surface area contributed by atoms with Gasteiger partial charge in [-0.3, -0.25) is 0 Å². The van der Waals surface area contributed by atoms with Crippen LogP contribution in [0.4, 0.5) is 0 Å². The Balaban J connectivity index is 2.01. The highest BCUT2D eigenvalue weighted by molar-refractivity contribution is 5.32. The van der Waals surface area contributed by atoms with Gasteiger partial charge < -0.3 is 9.84 Å². The van der Waals surface area contributed by atoms with E-state index in [0.717, 1.165) is 17.0 Å². The second-order valence-electron chi connectivity index (χ2n) is 5.10. The second kappa shape index (κ2) is 4.35. The molecule has 0 spiro atoms. The van der Waals surface area contributed by atoms with Crippen molar-refractivity contribution in [3.8, 4) is 5.75 Å². The molecule has 3 heteroatoms. The molecule has 1 aromatic heterocycles. The summed E-state index contributed by atoms with van der Waals surface area (Å²) < 4.78 is 7.31. The Hall–Kier alpha value is -1.87.